The van der Waals surface area contributed by atoms with Crippen molar-refractivity contribution in [3.05, 3.63) is 59.0 Å². The lowest BCUT2D eigenvalue weighted by molar-refractivity contribution is -0.115. The molecule has 0 spiro atoms. The van der Waals surface area contributed by atoms with E-state index in [-0.39, 0.29) is 12.3 Å². The number of aryl methyl sites for hydroxylation is 3. The van der Waals surface area contributed by atoms with Crippen LogP contribution < -0.4 is 5.32 Å². The summed E-state index contributed by atoms with van der Waals surface area (Å²) in [5, 5.41) is 3.84. The molecule has 0 saturated heterocycles. The van der Waals surface area contributed by atoms with Crippen LogP contribution in [0, 0.1) is 20.8 Å². The van der Waals surface area contributed by atoms with Crippen molar-refractivity contribution in [3.63, 3.8) is 0 Å². The quantitative estimate of drug-likeness (QED) is 0.796. The van der Waals surface area contributed by atoms with E-state index in [2.05, 4.69) is 23.3 Å². The molecule has 0 aliphatic carbocycles. The Hall–Kier alpha value is -2.62. The minimum atomic E-state index is -0.0981. The number of amides is 1. The highest BCUT2D eigenvalue weighted by atomic mass is 16.3. The van der Waals surface area contributed by atoms with Crippen LogP contribution in [0.1, 0.15) is 22.3 Å². The number of nitrogens with zero attached hydrogens (tertiary/aromatic N) is 1. The summed E-state index contributed by atoms with van der Waals surface area (Å²) in [4.78, 5) is 16.3. The maximum absolute atomic E-state index is 12.2. The first-order chi connectivity index (χ1) is 10.6. The van der Waals surface area contributed by atoms with Crippen molar-refractivity contribution in [2.75, 3.05) is 5.32 Å². The third kappa shape index (κ3) is 2.60. The van der Waals surface area contributed by atoms with Gasteiger partial charge in [0.15, 0.2) is 0 Å². The maximum atomic E-state index is 12.2. The first-order valence-electron chi connectivity index (χ1n) is 7.24. The molecule has 0 aliphatic rings. The molecule has 4 heteroatoms. The zero-order valence-electron chi connectivity index (χ0n) is 12.9. The van der Waals surface area contributed by atoms with E-state index >= 15 is 0 Å². The Balaban J connectivity index is 1.88. The number of benzene rings is 1. The van der Waals surface area contributed by atoms with Crippen molar-refractivity contribution in [3.8, 4) is 0 Å². The fraction of sp³-hybridized carbons (Fsp3) is 0.222. The van der Waals surface area contributed by atoms with E-state index in [0.717, 1.165) is 27.7 Å². The highest BCUT2D eigenvalue weighted by Gasteiger charge is 2.15. The van der Waals surface area contributed by atoms with E-state index in [9.17, 15) is 4.79 Å². The normalized spacial score (nSPS) is 10.9. The summed E-state index contributed by atoms with van der Waals surface area (Å²) in [5.74, 6) is 0.461. The van der Waals surface area contributed by atoms with Gasteiger partial charge in [-0.2, -0.15) is 0 Å². The standard InChI is InChI=1S/C18H18N2O2/c1-11-8-12(2)17-14(10-22-18(17)13(11)3)9-16(21)20-15-6-4-5-7-19-15/h4-8,10H,9H2,1-3H3,(H,19,20,21). The minimum absolute atomic E-state index is 0.0981. The Morgan fingerprint density at radius 2 is 2.05 bits per heavy atom. The van der Waals surface area contributed by atoms with Crippen molar-refractivity contribution in [1.82, 2.24) is 4.98 Å². The number of fused-ring (bicyclic) bond motifs is 1. The molecule has 0 saturated carbocycles. The van der Waals surface area contributed by atoms with Gasteiger partial charge >= 0.3 is 0 Å². The molecule has 0 fully saturated rings. The molecule has 22 heavy (non-hydrogen) atoms. The molecular formula is C18H18N2O2. The molecule has 0 unspecified atom stereocenters. The largest absolute Gasteiger partial charge is 0.464 e. The second kappa shape index (κ2) is 5.64. The molecule has 1 aromatic carbocycles. The lowest BCUT2D eigenvalue weighted by Crippen LogP contribution is -2.15. The van der Waals surface area contributed by atoms with Gasteiger partial charge < -0.3 is 9.73 Å². The van der Waals surface area contributed by atoms with Gasteiger partial charge in [0, 0.05) is 17.1 Å². The average Bonchev–Trinajstić information content (AvgIpc) is 2.90. The molecule has 3 aromatic rings. The monoisotopic (exact) mass is 294 g/mol. The molecule has 0 atom stereocenters. The summed E-state index contributed by atoms with van der Waals surface area (Å²) >= 11 is 0. The zero-order valence-corrected chi connectivity index (χ0v) is 12.9. The number of anilines is 1. The van der Waals surface area contributed by atoms with E-state index in [4.69, 9.17) is 4.42 Å². The fourth-order valence-corrected chi connectivity index (χ4v) is 2.71. The molecule has 1 N–H and O–H groups in total. The predicted octanol–water partition coefficient (Wildman–Crippen LogP) is 3.93. The molecule has 0 radical (unpaired) electrons. The molecule has 112 valence electrons. The summed E-state index contributed by atoms with van der Waals surface area (Å²) in [6.07, 6.45) is 3.61. The molecule has 0 aliphatic heterocycles. The van der Waals surface area contributed by atoms with E-state index in [0.29, 0.717) is 5.82 Å². The third-order valence-corrected chi connectivity index (χ3v) is 3.91. The Morgan fingerprint density at radius 3 is 2.77 bits per heavy atom. The number of hydrogen-bond donors (Lipinski definition) is 1. The van der Waals surface area contributed by atoms with Crippen LogP contribution in [0.5, 0.6) is 0 Å². The fourth-order valence-electron chi connectivity index (χ4n) is 2.71. The number of carbonyl (C=O) groups is 1. The zero-order chi connectivity index (χ0) is 15.7. The third-order valence-electron chi connectivity index (χ3n) is 3.91. The van der Waals surface area contributed by atoms with Crippen LogP contribution in [0.2, 0.25) is 0 Å². The van der Waals surface area contributed by atoms with Crippen LogP contribution in [0.3, 0.4) is 0 Å². The van der Waals surface area contributed by atoms with Gasteiger partial charge in [0.2, 0.25) is 5.91 Å². The first-order valence-corrected chi connectivity index (χ1v) is 7.24. The van der Waals surface area contributed by atoms with Crippen molar-refractivity contribution in [1.29, 1.82) is 0 Å². The number of hydrogen-bond acceptors (Lipinski definition) is 3. The van der Waals surface area contributed by atoms with Crippen LogP contribution in [-0.2, 0) is 11.2 Å². The predicted molar refractivity (Wildman–Crippen MR) is 87.0 cm³/mol. The number of carbonyl (C=O) groups excluding carboxylic acids is 1. The summed E-state index contributed by atoms with van der Waals surface area (Å²) in [6, 6.07) is 7.55. The molecular weight excluding hydrogens is 276 g/mol. The Bertz CT molecular complexity index is 835. The van der Waals surface area contributed by atoms with Crippen molar-refractivity contribution in [2.24, 2.45) is 0 Å². The van der Waals surface area contributed by atoms with E-state index in [1.54, 1.807) is 18.5 Å². The highest BCUT2D eigenvalue weighted by molar-refractivity contribution is 5.96. The molecule has 3 rings (SSSR count). The van der Waals surface area contributed by atoms with Gasteiger partial charge in [-0.05, 0) is 49.6 Å². The van der Waals surface area contributed by atoms with Gasteiger partial charge in [0.1, 0.15) is 11.4 Å². The Labute approximate surface area is 129 Å². The maximum Gasteiger partial charge on any atom is 0.230 e. The lowest BCUT2D eigenvalue weighted by Gasteiger charge is -2.06. The van der Waals surface area contributed by atoms with Crippen LogP contribution in [0.25, 0.3) is 11.0 Å². The minimum Gasteiger partial charge on any atom is -0.464 e. The van der Waals surface area contributed by atoms with E-state index in [1.165, 1.54) is 5.56 Å². The molecule has 4 nitrogen and oxygen atoms in total. The summed E-state index contributed by atoms with van der Waals surface area (Å²) < 4.78 is 5.70. The van der Waals surface area contributed by atoms with Crippen LogP contribution >= 0.6 is 0 Å². The van der Waals surface area contributed by atoms with Gasteiger partial charge in [0.25, 0.3) is 0 Å². The second-order valence-electron chi connectivity index (χ2n) is 5.54. The van der Waals surface area contributed by atoms with Crippen molar-refractivity contribution >= 4 is 22.7 Å². The van der Waals surface area contributed by atoms with Gasteiger partial charge in [-0.1, -0.05) is 12.1 Å². The molecule has 2 aromatic heterocycles. The van der Waals surface area contributed by atoms with Crippen molar-refractivity contribution in [2.45, 2.75) is 27.2 Å². The topological polar surface area (TPSA) is 55.1 Å². The lowest BCUT2D eigenvalue weighted by atomic mass is 9.99. The molecule has 2 heterocycles. The Kier molecular flexibility index (Phi) is 3.67. The number of rotatable bonds is 3. The number of pyridine rings is 1. The molecule has 1 amide bonds. The van der Waals surface area contributed by atoms with Gasteiger partial charge in [-0.3, -0.25) is 4.79 Å². The Morgan fingerprint density at radius 1 is 1.23 bits per heavy atom. The highest BCUT2D eigenvalue weighted by Crippen LogP contribution is 2.30. The van der Waals surface area contributed by atoms with Crippen LogP contribution in [0.15, 0.2) is 41.1 Å². The first kappa shape index (κ1) is 14.3. The summed E-state index contributed by atoms with van der Waals surface area (Å²) in [6.45, 7) is 6.15. The smallest absolute Gasteiger partial charge is 0.230 e. The van der Waals surface area contributed by atoms with Crippen LogP contribution in [-0.4, -0.2) is 10.9 Å². The second-order valence-corrected chi connectivity index (χ2v) is 5.54. The van der Waals surface area contributed by atoms with Crippen molar-refractivity contribution < 1.29 is 9.21 Å². The SMILES string of the molecule is Cc1cc(C)c2c(CC(=O)Nc3ccccn3)coc2c1C. The van der Waals surface area contributed by atoms with Gasteiger partial charge in [-0.25, -0.2) is 4.98 Å². The average molecular weight is 294 g/mol. The summed E-state index contributed by atoms with van der Waals surface area (Å²) in [5.41, 5.74) is 5.23. The van der Waals surface area contributed by atoms with E-state index < -0.39 is 0 Å². The number of furan rings is 1. The van der Waals surface area contributed by atoms with Gasteiger partial charge in [0.05, 0.1) is 12.7 Å². The summed E-state index contributed by atoms with van der Waals surface area (Å²) in [7, 11) is 0. The number of nitrogens with one attached hydrogen (secondary N) is 1. The number of aromatic nitrogens is 1. The van der Waals surface area contributed by atoms with Crippen LogP contribution in [0.4, 0.5) is 5.82 Å². The van der Waals surface area contributed by atoms with E-state index in [1.807, 2.05) is 26.0 Å². The molecule has 0 bridgehead atoms. The van der Waals surface area contributed by atoms with Gasteiger partial charge in [-0.15, -0.1) is 0 Å².